The normalized spacial score (nSPS) is 13.1. The number of nitrogens with one attached hydrogen (secondary N) is 1. The lowest BCUT2D eigenvalue weighted by Crippen LogP contribution is -2.44. The van der Waals surface area contributed by atoms with E-state index in [1.165, 1.54) is 0 Å². The molecular weight excluding hydrogens is 240 g/mol. The van der Waals surface area contributed by atoms with Crippen LogP contribution < -0.4 is 11.1 Å². The Hall–Kier alpha value is -1.55. The van der Waals surface area contributed by atoms with E-state index in [1.54, 1.807) is 6.07 Å². The fourth-order valence-corrected chi connectivity index (χ4v) is 2.04. The topological polar surface area (TPSA) is 75.4 Å². The maximum absolute atomic E-state index is 12.2. The van der Waals surface area contributed by atoms with Crippen molar-refractivity contribution in [2.24, 2.45) is 5.41 Å². The van der Waals surface area contributed by atoms with Gasteiger partial charge in [0, 0.05) is 23.9 Å². The number of rotatable bonds is 4. The van der Waals surface area contributed by atoms with Gasteiger partial charge in [0.15, 0.2) is 0 Å². The highest BCUT2D eigenvalue weighted by Gasteiger charge is 2.26. The van der Waals surface area contributed by atoms with E-state index in [4.69, 9.17) is 10.8 Å². The zero-order valence-electron chi connectivity index (χ0n) is 12.2. The number of carbonyl (C=O) groups is 1. The standard InChI is InChI=1S/C15H24N2O2/c1-10-7-11(9-12(16)8-10)14(19)17-13(5-6-18)15(2,3)4/h7-9,13,18H,5-6,16H2,1-4H3,(H,17,19). The monoisotopic (exact) mass is 264 g/mol. The molecule has 4 heteroatoms. The molecule has 1 rings (SSSR count). The molecule has 1 aromatic rings. The third-order valence-electron chi connectivity index (χ3n) is 3.13. The lowest BCUT2D eigenvalue weighted by atomic mass is 9.84. The van der Waals surface area contributed by atoms with E-state index < -0.39 is 0 Å². The summed E-state index contributed by atoms with van der Waals surface area (Å²) in [6.45, 7) is 8.08. The highest BCUT2D eigenvalue weighted by atomic mass is 16.3. The van der Waals surface area contributed by atoms with Crippen LogP contribution in [0.15, 0.2) is 18.2 Å². The van der Waals surface area contributed by atoms with Gasteiger partial charge in [0.2, 0.25) is 0 Å². The van der Waals surface area contributed by atoms with Crippen molar-refractivity contribution in [2.75, 3.05) is 12.3 Å². The second kappa shape index (κ2) is 6.06. The predicted molar refractivity (Wildman–Crippen MR) is 78.0 cm³/mol. The van der Waals surface area contributed by atoms with Gasteiger partial charge >= 0.3 is 0 Å². The molecule has 0 spiro atoms. The smallest absolute Gasteiger partial charge is 0.251 e. The average molecular weight is 264 g/mol. The number of aliphatic hydroxyl groups is 1. The summed E-state index contributed by atoms with van der Waals surface area (Å²) >= 11 is 0. The Kier molecular flexibility index (Phi) is 4.95. The molecule has 0 fully saturated rings. The molecule has 0 aliphatic heterocycles. The van der Waals surface area contributed by atoms with E-state index in [-0.39, 0.29) is 24.0 Å². The van der Waals surface area contributed by atoms with Crippen LogP contribution in [0.2, 0.25) is 0 Å². The van der Waals surface area contributed by atoms with Crippen LogP contribution in [0, 0.1) is 12.3 Å². The molecule has 4 nitrogen and oxygen atoms in total. The number of nitrogen functional groups attached to an aromatic ring is 1. The Morgan fingerprint density at radius 2 is 2.00 bits per heavy atom. The molecule has 19 heavy (non-hydrogen) atoms. The highest BCUT2D eigenvalue weighted by molar-refractivity contribution is 5.95. The molecule has 0 aliphatic rings. The molecule has 0 saturated heterocycles. The number of aryl methyl sites for hydroxylation is 1. The van der Waals surface area contributed by atoms with Crippen LogP contribution in [-0.2, 0) is 0 Å². The molecule has 4 N–H and O–H groups in total. The molecule has 0 aromatic heterocycles. The van der Waals surface area contributed by atoms with Crippen molar-refractivity contribution in [3.63, 3.8) is 0 Å². The minimum Gasteiger partial charge on any atom is -0.399 e. The molecule has 106 valence electrons. The second-order valence-corrected chi connectivity index (χ2v) is 6.04. The Morgan fingerprint density at radius 1 is 1.37 bits per heavy atom. The molecular formula is C15H24N2O2. The lowest BCUT2D eigenvalue weighted by Gasteiger charge is -2.31. The summed E-state index contributed by atoms with van der Waals surface area (Å²) in [5.41, 5.74) is 7.75. The van der Waals surface area contributed by atoms with Gasteiger partial charge in [0.05, 0.1) is 0 Å². The molecule has 1 aromatic carbocycles. The number of hydrogen-bond acceptors (Lipinski definition) is 3. The maximum Gasteiger partial charge on any atom is 0.251 e. The highest BCUT2D eigenvalue weighted by Crippen LogP contribution is 2.22. The van der Waals surface area contributed by atoms with E-state index in [2.05, 4.69) is 5.32 Å². The number of nitrogens with two attached hydrogens (primary N) is 1. The first-order chi connectivity index (χ1) is 8.74. The summed E-state index contributed by atoms with van der Waals surface area (Å²) in [5, 5.41) is 12.1. The second-order valence-electron chi connectivity index (χ2n) is 6.04. The van der Waals surface area contributed by atoms with Crippen molar-refractivity contribution in [1.82, 2.24) is 5.32 Å². The van der Waals surface area contributed by atoms with E-state index >= 15 is 0 Å². The zero-order valence-corrected chi connectivity index (χ0v) is 12.2. The predicted octanol–water partition coefficient (Wildman–Crippen LogP) is 2.10. The van der Waals surface area contributed by atoms with Crippen LogP contribution >= 0.6 is 0 Å². The first-order valence-electron chi connectivity index (χ1n) is 6.53. The quantitative estimate of drug-likeness (QED) is 0.729. The zero-order chi connectivity index (χ0) is 14.6. The molecule has 0 aliphatic carbocycles. The minimum absolute atomic E-state index is 0.0537. The largest absolute Gasteiger partial charge is 0.399 e. The third kappa shape index (κ3) is 4.56. The third-order valence-corrected chi connectivity index (χ3v) is 3.13. The summed E-state index contributed by atoms with van der Waals surface area (Å²) in [6, 6.07) is 5.23. The number of aliphatic hydroxyl groups excluding tert-OH is 1. The van der Waals surface area contributed by atoms with Crippen LogP contribution in [0.3, 0.4) is 0 Å². The summed E-state index contributed by atoms with van der Waals surface area (Å²) in [7, 11) is 0. The summed E-state index contributed by atoms with van der Waals surface area (Å²) < 4.78 is 0. The van der Waals surface area contributed by atoms with Gasteiger partial charge in [0.1, 0.15) is 0 Å². The van der Waals surface area contributed by atoms with E-state index in [9.17, 15) is 4.79 Å². The van der Waals surface area contributed by atoms with Crippen molar-refractivity contribution in [3.8, 4) is 0 Å². The Bertz CT molecular complexity index is 430. The summed E-state index contributed by atoms with van der Waals surface area (Å²) in [6.07, 6.45) is 0.538. The van der Waals surface area contributed by atoms with Crippen LogP contribution in [0.25, 0.3) is 0 Å². The number of hydrogen-bond donors (Lipinski definition) is 3. The van der Waals surface area contributed by atoms with Crippen LogP contribution in [0.1, 0.15) is 43.1 Å². The van der Waals surface area contributed by atoms with Crippen molar-refractivity contribution in [3.05, 3.63) is 29.3 Å². The molecule has 0 radical (unpaired) electrons. The van der Waals surface area contributed by atoms with Crippen molar-refractivity contribution in [2.45, 2.75) is 40.2 Å². The minimum atomic E-state index is -0.149. The fraction of sp³-hybridized carbons (Fsp3) is 0.533. The Labute approximate surface area is 115 Å². The summed E-state index contributed by atoms with van der Waals surface area (Å²) in [5.74, 6) is -0.149. The molecule has 0 bridgehead atoms. The van der Waals surface area contributed by atoms with Gasteiger partial charge in [-0.15, -0.1) is 0 Å². The lowest BCUT2D eigenvalue weighted by molar-refractivity contribution is 0.0885. The number of anilines is 1. The molecule has 0 heterocycles. The van der Waals surface area contributed by atoms with Crippen LogP contribution in [0.5, 0.6) is 0 Å². The van der Waals surface area contributed by atoms with Gasteiger partial charge in [-0.25, -0.2) is 0 Å². The fourth-order valence-electron chi connectivity index (χ4n) is 2.04. The SMILES string of the molecule is Cc1cc(N)cc(C(=O)NC(CCO)C(C)(C)C)c1. The Balaban J connectivity index is 2.87. The van der Waals surface area contributed by atoms with Crippen molar-refractivity contribution >= 4 is 11.6 Å². The molecule has 1 amide bonds. The van der Waals surface area contributed by atoms with E-state index in [0.29, 0.717) is 17.7 Å². The van der Waals surface area contributed by atoms with Crippen LogP contribution in [0.4, 0.5) is 5.69 Å². The van der Waals surface area contributed by atoms with Gasteiger partial charge in [-0.05, 0) is 42.5 Å². The number of amides is 1. The average Bonchev–Trinajstić information content (AvgIpc) is 2.25. The maximum atomic E-state index is 12.2. The first kappa shape index (κ1) is 15.5. The van der Waals surface area contributed by atoms with Gasteiger partial charge < -0.3 is 16.2 Å². The van der Waals surface area contributed by atoms with Crippen LogP contribution in [-0.4, -0.2) is 23.7 Å². The van der Waals surface area contributed by atoms with E-state index in [0.717, 1.165) is 5.56 Å². The summed E-state index contributed by atoms with van der Waals surface area (Å²) in [4.78, 5) is 12.2. The number of carbonyl (C=O) groups excluding carboxylic acids is 1. The van der Waals surface area contributed by atoms with Gasteiger partial charge in [-0.1, -0.05) is 20.8 Å². The van der Waals surface area contributed by atoms with Crippen molar-refractivity contribution < 1.29 is 9.90 Å². The van der Waals surface area contributed by atoms with Gasteiger partial charge in [-0.2, -0.15) is 0 Å². The number of benzene rings is 1. The van der Waals surface area contributed by atoms with E-state index in [1.807, 2.05) is 39.8 Å². The van der Waals surface area contributed by atoms with Gasteiger partial charge in [0.25, 0.3) is 5.91 Å². The molecule has 1 atom stereocenters. The van der Waals surface area contributed by atoms with Crippen molar-refractivity contribution in [1.29, 1.82) is 0 Å². The molecule has 0 saturated carbocycles. The van der Waals surface area contributed by atoms with Gasteiger partial charge in [-0.3, -0.25) is 4.79 Å². The Morgan fingerprint density at radius 3 is 2.47 bits per heavy atom. The molecule has 1 unspecified atom stereocenters. The first-order valence-corrected chi connectivity index (χ1v) is 6.53.